The van der Waals surface area contributed by atoms with Gasteiger partial charge in [0.05, 0.1) is 13.2 Å². The van der Waals surface area contributed by atoms with E-state index in [0.717, 1.165) is 69.2 Å². The van der Waals surface area contributed by atoms with E-state index >= 15 is 0 Å². The second-order valence-corrected chi connectivity index (χ2v) is 7.46. The summed E-state index contributed by atoms with van der Waals surface area (Å²) >= 11 is 12.4. The van der Waals surface area contributed by atoms with Crippen molar-refractivity contribution >= 4 is 48.0 Å². The highest BCUT2D eigenvalue weighted by atomic mass is 35.5. The minimum atomic E-state index is 0. The number of morpholine rings is 1. The third-order valence-corrected chi connectivity index (χ3v) is 5.21. The van der Waals surface area contributed by atoms with Gasteiger partial charge >= 0.3 is 0 Å². The van der Waals surface area contributed by atoms with Gasteiger partial charge in [-0.15, -0.1) is 24.8 Å². The zero-order valence-electron chi connectivity index (χ0n) is 16.2. The molecule has 1 aliphatic heterocycles. The van der Waals surface area contributed by atoms with Gasteiger partial charge in [-0.1, -0.05) is 41.4 Å². The van der Waals surface area contributed by atoms with Crippen LogP contribution in [-0.2, 0) is 17.9 Å². The van der Waals surface area contributed by atoms with E-state index in [0.29, 0.717) is 16.7 Å². The molecule has 0 saturated carbocycles. The lowest BCUT2D eigenvalue weighted by atomic mass is 10.2. The lowest BCUT2D eigenvalue weighted by molar-refractivity contribution is 0.0374. The zero-order valence-corrected chi connectivity index (χ0v) is 19.4. The molecule has 1 fully saturated rings. The Bertz CT molecular complexity index is 728. The molecule has 0 bridgehead atoms. The zero-order chi connectivity index (χ0) is 18.9. The highest BCUT2D eigenvalue weighted by Crippen LogP contribution is 2.25. The van der Waals surface area contributed by atoms with Gasteiger partial charge in [0.1, 0.15) is 12.4 Å². The van der Waals surface area contributed by atoms with Gasteiger partial charge in [0, 0.05) is 40.8 Å². The molecule has 0 atom stereocenters. The van der Waals surface area contributed by atoms with Crippen molar-refractivity contribution in [3.8, 4) is 5.75 Å². The molecule has 2 aromatic carbocycles. The van der Waals surface area contributed by atoms with Gasteiger partial charge in [0.2, 0.25) is 0 Å². The molecule has 1 saturated heterocycles. The van der Waals surface area contributed by atoms with E-state index in [1.165, 1.54) is 0 Å². The van der Waals surface area contributed by atoms with Crippen molar-refractivity contribution in [3.05, 3.63) is 63.6 Å². The molecule has 2 aromatic rings. The lowest BCUT2D eigenvalue weighted by Gasteiger charge is -2.26. The Morgan fingerprint density at radius 1 is 1.00 bits per heavy atom. The number of halogens is 4. The summed E-state index contributed by atoms with van der Waals surface area (Å²) < 4.78 is 11.4. The Kier molecular flexibility index (Phi) is 13.0. The fourth-order valence-corrected chi connectivity index (χ4v) is 3.46. The fourth-order valence-electron chi connectivity index (χ4n) is 3.07. The topological polar surface area (TPSA) is 33.7 Å². The molecule has 0 spiro atoms. The summed E-state index contributed by atoms with van der Waals surface area (Å²) in [6.07, 6.45) is 1.11. The van der Waals surface area contributed by atoms with Crippen LogP contribution in [0.25, 0.3) is 0 Å². The fraction of sp³-hybridized carbons (Fsp3) is 0.429. The second kappa shape index (κ2) is 14.3. The van der Waals surface area contributed by atoms with Crippen LogP contribution in [0.5, 0.6) is 5.75 Å². The third kappa shape index (κ3) is 8.89. The molecule has 0 amide bonds. The van der Waals surface area contributed by atoms with Crippen LogP contribution in [0.15, 0.2) is 42.5 Å². The van der Waals surface area contributed by atoms with Crippen LogP contribution < -0.4 is 10.1 Å². The van der Waals surface area contributed by atoms with Crippen LogP contribution in [0.3, 0.4) is 0 Å². The number of benzene rings is 2. The van der Waals surface area contributed by atoms with Gasteiger partial charge in [-0.05, 0) is 43.8 Å². The Morgan fingerprint density at radius 3 is 2.52 bits per heavy atom. The molecule has 1 heterocycles. The van der Waals surface area contributed by atoms with Crippen LogP contribution in [0.4, 0.5) is 0 Å². The van der Waals surface area contributed by atoms with E-state index in [2.05, 4.69) is 10.2 Å². The molecule has 0 radical (unpaired) electrons. The maximum atomic E-state index is 6.21. The first-order valence-electron chi connectivity index (χ1n) is 9.38. The minimum Gasteiger partial charge on any atom is -0.489 e. The number of ether oxygens (including phenoxy) is 2. The summed E-state index contributed by atoms with van der Waals surface area (Å²) in [4.78, 5) is 2.45. The Morgan fingerprint density at radius 2 is 1.76 bits per heavy atom. The SMILES string of the molecule is Cl.Cl.Clc1ccc(OCc2ccccc2Cl)c(CNCCCN2CCOCC2)c1. The van der Waals surface area contributed by atoms with Crippen LogP contribution in [0.1, 0.15) is 17.5 Å². The van der Waals surface area contributed by atoms with E-state index in [-0.39, 0.29) is 24.8 Å². The van der Waals surface area contributed by atoms with E-state index < -0.39 is 0 Å². The van der Waals surface area contributed by atoms with E-state index in [9.17, 15) is 0 Å². The number of hydrogen-bond acceptors (Lipinski definition) is 4. The molecule has 1 aliphatic rings. The third-order valence-electron chi connectivity index (χ3n) is 4.61. The molecule has 4 nitrogen and oxygen atoms in total. The van der Waals surface area contributed by atoms with Gasteiger partial charge in [0.15, 0.2) is 0 Å². The van der Waals surface area contributed by atoms with E-state index in [4.69, 9.17) is 32.7 Å². The Labute approximate surface area is 195 Å². The van der Waals surface area contributed by atoms with Gasteiger partial charge < -0.3 is 14.8 Å². The van der Waals surface area contributed by atoms with Gasteiger partial charge in [0.25, 0.3) is 0 Å². The number of rotatable bonds is 9. The van der Waals surface area contributed by atoms with Crippen molar-refractivity contribution in [2.75, 3.05) is 39.4 Å². The largest absolute Gasteiger partial charge is 0.489 e. The molecule has 0 aromatic heterocycles. The second-order valence-electron chi connectivity index (χ2n) is 6.62. The summed E-state index contributed by atoms with van der Waals surface area (Å²) in [6.45, 7) is 6.98. The van der Waals surface area contributed by atoms with E-state index in [1.807, 2.05) is 42.5 Å². The van der Waals surface area contributed by atoms with Crippen molar-refractivity contribution in [3.63, 3.8) is 0 Å². The predicted octanol–water partition coefficient (Wildman–Crippen LogP) is 5.23. The summed E-state index contributed by atoms with van der Waals surface area (Å²) in [5, 5.41) is 4.93. The molecule has 29 heavy (non-hydrogen) atoms. The number of hydrogen-bond donors (Lipinski definition) is 1. The van der Waals surface area contributed by atoms with Gasteiger partial charge in [-0.25, -0.2) is 0 Å². The number of nitrogens with zero attached hydrogens (tertiary/aromatic N) is 1. The van der Waals surface area contributed by atoms with Crippen molar-refractivity contribution in [2.45, 2.75) is 19.6 Å². The maximum absolute atomic E-state index is 6.21. The average molecular weight is 482 g/mol. The van der Waals surface area contributed by atoms with Crippen molar-refractivity contribution in [1.29, 1.82) is 0 Å². The highest BCUT2D eigenvalue weighted by Gasteiger charge is 2.10. The molecule has 162 valence electrons. The standard InChI is InChI=1S/C21H26Cl2N2O2.2ClH/c22-19-6-7-21(27-16-17-4-1-2-5-20(17)23)18(14-19)15-24-8-3-9-25-10-12-26-13-11-25;;/h1-2,4-7,14,24H,3,8-13,15-16H2;2*1H. The first kappa shape index (κ1) is 26.3. The summed E-state index contributed by atoms with van der Waals surface area (Å²) in [5.41, 5.74) is 2.03. The monoisotopic (exact) mass is 480 g/mol. The van der Waals surface area contributed by atoms with Crippen LogP contribution in [0.2, 0.25) is 10.0 Å². The Hall–Kier alpha value is -0.720. The van der Waals surface area contributed by atoms with Crippen LogP contribution in [0, 0.1) is 0 Å². The summed E-state index contributed by atoms with van der Waals surface area (Å²) in [5.74, 6) is 0.833. The average Bonchev–Trinajstić information content (AvgIpc) is 2.69. The smallest absolute Gasteiger partial charge is 0.124 e. The van der Waals surface area contributed by atoms with E-state index in [1.54, 1.807) is 0 Å². The normalized spacial score (nSPS) is 14.0. The molecule has 1 N–H and O–H groups in total. The summed E-state index contributed by atoms with van der Waals surface area (Å²) in [7, 11) is 0. The van der Waals surface area contributed by atoms with Crippen LogP contribution in [-0.4, -0.2) is 44.3 Å². The van der Waals surface area contributed by atoms with Crippen molar-refractivity contribution in [2.24, 2.45) is 0 Å². The quantitative estimate of drug-likeness (QED) is 0.497. The molecule has 8 heteroatoms. The maximum Gasteiger partial charge on any atom is 0.124 e. The van der Waals surface area contributed by atoms with Gasteiger partial charge in [-0.2, -0.15) is 0 Å². The lowest BCUT2D eigenvalue weighted by Crippen LogP contribution is -2.37. The first-order valence-corrected chi connectivity index (χ1v) is 10.1. The molecular weight excluding hydrogens is 454 g/mol. The summed E-state index contributed by atoms with van der Waals surface area (Å²) in [6, 6.07) is 13.5. The minimum absolute atomic E-state index is 0. The molecule has 0 unspecified atom stereocenters. The van der Waals surface area contributed by atoms with Crippen molar-refractivity contribution in [1.82, 2.24) is 10.2 Å². The number of nitrogens with one attached hydrogen (secondary N) is 1. The first-order chi connectivity index (χ1) is 13.2. The van der Waals surface area contributed by atoms with Crippen LogP contribution >= 0.6 is 48.0 Å². The molecular formula is C21H28Cl4N2O2. The highest BCUT2D eigenvalue weighted by molar-refractivity contribution is 6.31. The Balaban J connectivity index is 0.00000210. The molecule has 3 rings (SSSR count). The van der Waals surface area contributed by atoms with Gasteiger partial charge in [-0.3, -0.25) is 4.90 Å². The molecule has 0 aliphatic carbocycles. The predicted molar refractivity (Wildman–Crippen MR) is 125 cm³/mol. The van der Waals surface area contributed by atoms with Crippen molar-refractivity contribution < 1.29 is 9.47 Å².